The van der Waals surface area contributed by atoms with Crippen LogP contribution < -0.4 is 0 Å². The van der Waals surface area contributed by atoms with Gasteiger partial charge in [-0.2, -0.15) is 0 Å². The van der Waals surface area contributed by atoms with Gasteiger partial charge < -0.3 is 4.57 Å². The van der Waals surface area contributed by atoms with E-state index in [1.54, 1.807) is 0 Å². The van der Waals surface area contributed by atoms with E-state index in [0.717, 1.165) is 6.42 Å². The number of benzene rings is 4. The molecule has 0 bridgehead atoms. The van der Waals surface area contributed by atoms with E-state index in [2.05, 4.69) is 95.6 Å². The Morgan fingerprint density at radius 2 is 1.31 bits per heavy atom. The van der Waals surface area contributed by atoms with Crippen LogP contribution in [0.25, 0.3) is 38.6 Å². The van der Waals surface area contributed by atoms with Crippen LogP contribution >= 0.6 is 0 Å². The lowest BCUT2D eigenvalue weighted by Crippen LogP contribution is -1.93. The van der Waals surface area contributed by atoms with Gasteiger partial charge in [0.1, 0.15) is 0 Å². The largest absolute Gasteiger partial charge is 0.309 e. The molecular formula is C25H17N. The molecule has 1 aliphatic rings. The molecule has 0 unspecified atom stereocenters. The third-order valence-electron chi connectivity index (χ3n) is 5.60. The summed E-state index contributed by atoms with van der Waals surface area (Å²) in [6.07, 6.45) is 1.03. The molecule has 0 amide bonds. The van der Waals surface area contributed by atoms with E-state index in [0.29, 0.717) is 0 Å². The first kappa shape index (κ1) is 13.9. The maximum absolute atomic E-state index is 2.40. The maximum atomic E-state index is 2.40. The topological polar surface area (TPSA) is 4.93 Å². The summed E-state index contributed by atoms with van der Waals surface area (Å²) < 4.78 is 2.40. The Kier molecular flexibility index (Phi) is 2.72. The molecule has 0 N–H and O–H groups in total. The Labute approximate surface area is 152 Å². The van der Waals surface area contributed by atoms with Crippen molar-refractivity contribution in [2.45, 2.75) is 6.42 Å². The lowest BCUT2D eigenvalue weighted by molar-refractivity contribution is 1.17. The van der Waals surface area contributed by atoms with Gasteiger partial charge in [0.05, 0.1) is 11.0 Å². The quantitative estimate of drug-likeness (QED) is 0.330. The lowest BCUT2D eigenvalue weighted by atomic mass is 10.0. The summed E-state index contributed by atoms with van der Waals surface area (Å²) in [5, 5.41) is 2.65. The Balaban J connectivity index is 1.76. The van der Waals surface area contributed by atoms with Gasteiger partial charge in [-0.15, -0.1) is 0 Å². The summed E-state index contributed by atoms with van der Waals surface area (Å²) in [5.74, 6) is 0. The molecule has 0 saturated heterocycles. The first-order valence-corrected chi connectivity index (χ1v) is 9.10. The monoisotopic (exact) mass is 331 g/mol. The normalized spacial score (nSPS) is 12.5. The van der Waals surface area contributed by atoms with E-state index in [-0.39, 0.29) is 0 Å². The fraction of sp³-hybridized carbons (Fsp3) is 0.0400. The zero-order chi connectivity index (χ0) is 17.1. The molecule has 0 fully saturated rings. The molecule has 0 spiro atoms. The van der Waals surface area contributed by atoms with Crippen molar-refractivity contribution in [3.8, 4) is 16.8 Å². The van der Waals surface area contributed by atoms with Crippen LogP contribution in [-0.4, -0.2) is 4.57 Å². The summed E-state index contributed by atoms with van der Waals surface area (Å²) in [7, 11) is 0. The zero-order valence-electron chi connectivity index (χ0n) is 14.3. The molecule has 1 heteroatoms. The molecule has 0 saturated carbocycles. The molecule has 5 aromatic rings. The predicted molar refractivity (Wildman–Crippen MR) is 109 cm³/mol. The highest BCUT2D eigenvalue weighted by molar-refractivity contribution is 6.11. The van der Waals surface area contributed by atoms with Gasteiger partial charge in [-0.3, -0.25) is 0 Å². The first-order valence-electron chi connectivity index (χ1n) is 9.10. The van der Waals surface area contributed by atoms with Crippen molar-refractivity contribution in [3.05, 3.63) is 102 Å². The highest BCUT2D eigenvalue weighted by Gasteiger charge is 2.21. The average Bonchev–Trinajstić information content (AvgIpc) is 3.22. The fourth-order valence-corrected chi connectivity index (χ4v) is 4.45. The molecule has 0 atom stereocenters. The van der Waals surface area contributed by atoms with Crippen LogP contribution in [0.1, 0.15) is 11.1 Å². The van der Waals surface area contributed by atoms with Crippen molar-refractivity contribution in [2.75, 3.05) is 0 Å². The van der Waals surface area contributed by atoms with Gasteiger partial charge in [0.25, 0.3) is 0 Å². The van der Waals surface area contributed by atoms with E-state index >= 15 is 0 Å². The molecule has 1 aromatic heterocycles. The Hall–Kier alpha value is -3.32. The minimum atomic E-state index is 1.03. The molecule has 1 aliphatic carbocycles. The summed E-state index contributed by atoms with van der Waals surface area (Å²) in [4.78, 5) is 0. The highest BCUT2D eigenvalue weighted by Crippen LogP contribution is 2.42. The van der Waals surface area contributed by atoms with Crippen LogP contribution in [0, 0.1) is 0 Å². The summed E-state index contributed by atoms with van der Waals surface area (Å²) in [6, 6.07) is 33.0. The SMILES string of the molecule is c1ccc(-n2c3ccccc3c3cc4c(cc32)Cc2ccccc2-4)cc1. The van der Waals surface area contributed by atoms with Gasteiger partial charge in [0.2, 0.25) is 0 Å². The molecular weight excluding hydrogens is 314 g/mol. The van der Waals surface area contributed by atoms with Crippen molar-refractivity contribution in [3.63, 3.8) is 0 Å². The van der Waals surface area contributed by atoms with Gasteiger partial charge in [-0.05, 0) is 59.0 Å². The van der Waals surface area contributed by atoms with Crippen molar-refractivity contribution < 1.29 is 0 Å². The Morgan fingerprint density at radius 3 is 2.23 bits per heavy atom. The molecule has 0 aliphatic heterocycles. The lowest BCUT2D eigenvalue weighted by Gasteiger charge is -2.08. The minimum Gasteiger partial charge on any atom is -0.309 e. The van der Waals surface area contributed by atoms with Gasteiger partial charge in [-0.1, -0.05) is 60.7 Å². The number of nitrogens with zero attached hydrogens (tertiary/aromatic N) is 1. The van der Waals surface area contributed by atoms with E-state index in [9.17, 15) is 0 Å². The van der Waals surface area contributed by atoms with Crippen LogP contribution in [0.2, 0.25) is 0 Å². The van der Waals surface area contributed by atoms with Crippen LogP contribution in [0.4, 0.5) is 0 Å². The number of hydrogen-bond acceptors (Lipinski definition) is 0. The Bertz CT molecular complexity index is 1290. The summed E-state index contributed by atoms with van der Waals surface area (Å²) >= 11 is 0. The number of aromatic nitrogens is 1. The smallest absolute Gasteiger partial charge is 0.0544 e. The second-order valence-electron chi connectivity index (χ2n) is 7.05. The molecule has 0 radical (unpaired) electrons. The zero-order valence-corrected chi connectivity index (χ0v) is 14.3. The molecule has 1 heterocycles. The van der Waals surface area contributed by atoms with Crippen LogP contribution in [0.5, 0.6) is 0 Å². The van der Waals surface area contributed by atoms with Crippen LogP contribution in [0.15, 0.2) is 91.0 Å². The summed E-state index contributed by atoms with van der Waals surface area (Å²) in [6.45, 7) is 0. The third kappa shape index (κ3) is 1.80. The molecule has 6 rings (SSSR count). The maximum Gasteiger partial charge on any atom is 0.0544 e. The molecule has 26 heavy (non-hydrogen) atoms. The van der Waals surface area contributed by atoms with Crippen molar-refractivity contribution in [1.82, 2.24) is 4.57 Å². The van der Waals surface area contributed by atoms with Crippen molar-refractivity contribution in [2.24, 2.45) is 0 Å². The highest BCUT2D eigenvalue weighted by atomic mass is 15.0. The molecule has 122 valence electrons. The van der Waals surface area contributed by atoms with E-state index in [1.807, 2.05) is 0 Å². The van der Waals surface area contributed by atoms with Gasteiger partial charge in [-0.25, -0.2) is 0 Å². The van der Waals surface area contributed by atoms with Crippen LogP contribution in [-0.2, 0) is 6.42 Å². The number of rotatable bonds is 1. The Morgan fingerprint density at radius 1 is 0.538 bits per heavy atom. The minimum absolute atomic E-state index is 1.03. The number of fused-ring (bicyclic) bond motifs is 6. The first-order chi connectivity index (χ1) is 12.9. The van der Waals surface area contributed by atoms with Crippen molar-refractivity contribution in [1.29, 1.82) is 0 Å². The number of hydrogen-bond donors (Lipinski definition) is 0. The number of para-hydroxylation sites is 2. The van der Waals surface area contributed by atoms with Crippen LogP contribution in [0.3, 0.4) is 0 Å². The van der Waals surface area contributed by atoms with E-state index in [1.165, 1.54) is 49.7 Å². The molecule has 1 nitrogen and oxygen atoms in total. The average molecular weight is 331 g/mol. The predicted octanol–water partition coefficient (Wildman–Crippen LogP) is 6.35. The van der Waals surface area contributed by atoms with E-state index in [4.69, 9.17) is 0 Å². The van der Waals surface area contributed by atoms with Gasteiger partial charge >= 0.3 is 0 Å². The van der Waals surface area contributed by atoms with Gasteiger partial charge in [0, 0.05) is 16.5 Å². The summed E-state index contributed by atoms with van der Waals surface area (Å²) in [5.41, 5.74) is 9.43. The fourth-order valence-electron chi connectivity index (χ4n) is 4.45. The van der Waals surface area contributed by atoms with E-state index < -0.39 is 0 Å². The van der Waals surface area contributed by atoms with Gasteiger partial charge in [0.15, 0.2) is 0 Å². The third-order valence-corrected chi connectivity index (χ3v) is 5.60. The second-order valence-corrected chi connectivity index (χ2v) is 7.05. The molecule has 4 aromatic carbocycles. The second kappa shape index (κ2) is 5.09. The standard InChI is InChI=1S/C25H17N/c1-2-9-19(10-3-1)26-24-13-7-6-12-21(24)23-16-22-18(15-25(23)26)14-17-8-4-5-11-20(17)22/h1-13,15-16H,14H2. The van der Waals surface area contributed by atoms with Crippen molar-refractivity contribution >= 4 is 21.8 Å².